The lowest BCUT2D eigenvalue weighted by atomic mass is 10.1. The van der Waals surface area contributed by atoms with Gasteiger partial charge in [-0.2, -0.15) is 0 Å². The Morgan fingerprint density at radius 2 is 2.44 bits per heavy atom. The summed E-state index contributed by atoms with van der Waals surface area (Å²) in [5.41, 5.74) is 0. The van der Waals surface area contributed by atoms with Crippen molar-refractivity contribution in [1.29, 1.82) is 0 Å². The summed E-state index contributed by atoms with van der Waals surface area (Å²) in [5, 5.41) is 2.66. The van der Waals surface area contributed by atoms with E-state index >= 15 is 0 Å². The molecule has 1 amide bonds. The van der Waals surface area contributed by atoms with Gasteiger partial charge in [-0.25, -0.2) is 9.37 Å². The fourth-order valence-corrected chi connectivity index (χ4v) is 1.78. The largest absolute Gasteiger partial charge is 0.462 e. The molecular formula is C10H10BrFN2O2. The maximum Gasteiger partial charge on any atom is 0.261 e. The first-order valence-corrected chi connectivity index (χ1v) is 5.71. The Labute approximate surface area is 100 Å². The Balaban J connectivity index is 2.10. The average molecular weight is 289 g/mol. The minimum Gasteiger partial charge on any atom is -0.462 e. The van der Waals surface area contributed by atoms with Crippen LogP contribution in [0.1, 0.15) is 12.8 Å². The fourth-order valence-electron chi connectivity index (χ4n) is 1.48. The highest BCUT2D eigenvalue weighted by Gasteiger charge is 2.25. The molecule has 2 rings (SSSR count). The van der Waals surface area contributed by atoms with Crippen LogP contribution >= 0.6 is 15.9 Å². The predicted octanol–water partition coefficient (Wildman–Crippen LogP) is 1.64. The first-order valence-electron chi connectivity index (χ1n) is 4.92. The van der Waals surface area contributed by atoms with E-state index in [1.807, 2.05) is 0 Å². The number of piperidine rings is 1. The van der Waals surface area contributed by atoms with Gasteiger partial charge in [-0.1, -0.05) is 0 Å². The Bertz CT molecular complexity index is 414. The molecule has 1 N–H and O–H groups in total. The number of carbonyl (C=O) groups excluding carboxylic acids is 1. The topological polar surface area (TPSA) is 51.2 Å². The van der Waals surface area contributed by atoms with E-state index < -0.39 is 11.9 Å². The van der Waals surface area contributed by atoms with Crippen molar-refractivity contribution in [2.75, 3.05) is 6.54 Å². The van der Waals surface area contributed by atoms with Crippen LogP contribution < -0.4 is 10.1 Å². The lowest BCUT2D eigenvalue weighted by molar-refractivity contribution is -0.130. The van der Waals surface area contributed by atoms with Crippen LogP contribution in [0.2, 0.25) is 0 Å². The van der Waals surface area contributed by atoms with E-state index in [0.717, 1.165) is 6.42 Å². The van der Waals surface area contributed by atoms with Crippen LogP contribution in [0.3, 0.4) is 0 Å². The molecule has 2 heterocycles. The van der Waals surface area contributed by atoms with Gasteiger partial charge >= 0.3 is 0 Å². The van der Waals surface area contributed by atoms with Gasteiger partial charge in [0.15, 0.2) is 11.9 Å². The summed E-state index contributed by atoms with van der Waals surface area (Å²) in [6.45, 7) is 0.648. The van der Waals surface area contributed by atoms with E-state index in [4.69, 9.17) is 4.74 Å². The molecule has 1 saturated heterocycles. The number of hydrogen-bond donors (Lipinski definition) is 1. The Morgan fingerprint density at radius 1 is 1.62 bits per heavy atom. The van der Waals surface area contributed by atoms with Crippen molar-refractivity contribution in [2.24, 2.45) is 0 Å². The molecule has 16 heavy (non-hydrogen) atoms. The Hall–Kier alpha value is -1.17. The lowest BCUT2D eigenvalue weighted by Crippen LogP contribution is -2.43. The zero-order valence-corrected chi connectivity index (χ0v) is 9.96. The Morgan fingerprint density at radius 3 is 3.12 bits per heavy atom. The molecule has 0 aromatic carbocycles. The van der Waals surface area contributed by atoms with Gasteiger partial charge in [0.25, 0.3) is 11.8 Å². The molecule has 0 aliphatic carbocycles. The fraction of sp³-hybridized carbons (Fsp3) is 0.400. The summed E-state index contributed by atoms with van der Waals surface area (Å²) in [7, 11) is 0. The summed E-state index contributed by atoms with van der Waals surface area (Å²) in [6, 6.07) is 1.25. The second kappa shape index (κ2) is 4.78. The van der Waals surface area contributed by atoms with E-state index in [9.17, 15) is 9.18 Å². The third-order valence-electron chi connectivity index (χ3n) is 2.26. The molecule has 1 fully saturated rings. The zero-order valence-electron chi connectivity index (χ0n) is 8.37. The second-order valence-electron chi connectivity index (χ2n) is 3.48. The molecule has 1 aromatic heterocycles. The number of amides is 1. The third kappa shape index (κ3) is 2.49. The molecule has 0 spiro atoms. The quantitative estimate of drug-likeness (QED) is 0.900. The first-order chi connectivity index (χ1) is 7.66. The van der Waals surface area contributed by atoms with Crippen molar-refractivity contribution in [3.8, 4) is 5.88 Å². The molecule has 0 saturated carbocycles. The monoisotopic (exact) mass is 288 g/mol. The van der Waals surface area contributed by atoms with Gasteiger partial charge in [-0.3, -0.25) is 4.79 Å². The third-order valence-corrected chi connectivity index (χ3v) is 2.70. The summed E-state index contributed by atoms with van der Waals surface area (Å²) >= 11 is 3.10. The van der Waals surface area contributed by atoms with Crippen molar-refractivity contribution < 1.29 is 13.9 Å². The molecule has 1 atom stereocenters. The van der Waals surface area contributed by atoms with Crippen LogP contribution in [-0.4, -0.2) is 23.5 Å². The van der Waals surface area contributed by atoms with Gasteiger partial charge in [-0.15, -0.1) is 0 Å². The van der Waals surface area contributed by atoms with Gasteiger partial charge in [0.1, 0.15) is 0 Å². The number of carbonyl (C=O) groups is 1. The van der Waals surface area contributed by atoms with Crippen LogP contribution in [-0.2, 0) is 4.79 Å². The average Bonchev–Trinajstić information content (AvgIpc) is 2.25. The molecule has 0 bridgehead atoms. The molecule has 1 aliphatic rings. The highest BCUT2D eigenvalue weighted by Crippen LogP contribution is 2.20. The normalized spacial score (nSPS) is 20.4. The van der Waals surface area contributed by atoms with E-state index in [1.165, 1.54) is 12.3 Å². The van der Waals surface area contributed by atoms with Gasteiger partial charge in [-0.05, 0) is 34.8 Å². The molecular weight excluding hydrogens is 279 g/mol. The van der Waals surface area contributed by atoms with Gasteiger partial charge in [0.05, 0.1) is 0 Å². The zero-order chi connectivity index (χ0) is 11.5. The number of rotatable bonds is 2. The summed E-state index contributed by atoms with van der Waals surface area (Å²) in [6.07, 6.45) is 2.20. The molecule has 1 aliphatic heterocycles. The number of hydrogen-bond acceptors (Lipinski definition) is 3. The predicted molar refractivity (Wildman–Crippen MR) is 58.6 cm³/mol. The van der Waals surface area contributed by atoms with Gasteiger partial charge < -0.3 is 10.1 Å². The van der Waals surface area contributed by atoms with Crippen molar-refractivity contribution in [2.45, 2.75) is 18.9 Å². The molecule has 1 aromatic rings. The number of halogens is 2. The van der Waals surface area contributed by atoms with Crippen molar-refractivity contribution in [3.05, 3.63) is 22.6 Å². The highest BCUT2D eigenvalue weighted by atomic mass is 79.9. The minimum atomic E-state index is -0.642. The first kappa shape index (κ1) is 11.3. The maximum atomic E-state index is 13.4. The molecule has 86 valence electrons. The smallest absolute Gasteiger partial charge is 0.261 e. The van der Waals surface area contributed by atoms with E-state index in [1.54, 1.807) is 0 Å². The molecule has 6 heteroatoms. The van der Waals surface area contributed by atoms with Crippen molar-refractivity contribution in [1.82, 2.24) is 10.3 Å². The van der Waals surface area contributed by atoms with Gasteiger partial charge in [0, 0.05) is 17.2 Å². The second-order valence-corrected chi connectivity index (χ2v) is 4.40. The van der Waals surface area contributed by atoms with E-state index in [-0.39, 0.29) is 11.8 Å². The molecule has 1 unspecified atom stereocenters. The lowest BCUT2D eigenvalue weighted by Gasteiger charge is -2.22. The summed E-state index contributed by atoms with van der Waals surface area (Å²) < 4.78 is 19.2. The van der Waals surface area contributed by atoms with E-state index in [0.29, 0.717) is 17.4 Å². The summed E-state index contributed by atoms with van der Waals surface area (Å²) in [4.78, 5) is 15.2. The maximum absolute atomic E-state index is 13.4. The highest BCUT2D eigenvalue weighted by molar-refractivity contribution is 9.10. The van der Waals surface area contributed by atoms with Crippen LogP contribution in [0.15, 0.2) is 16.7 Å². The number of ether oxygens (including phenoxy) is 1. The molecule has 0 radical (unpaired) electrons. The van der Waals surface area contributed by atoms with Crippen molar-refractivity contribution >= 4 is 21.8 Å². The van der Waals surface area contributed by atoms with E-state index in [2.05, 4.69) is 26.2 Å². The number of aromatic nitrogens is 1. The Kier molecular flexibility index (Phi) is 3.38. The van der Waals surface area contributed by atoms with Crippen LogP contribution in [0.4, 0.5) is 4.39 Å². The van der Waals surface area contributed by atoms with Gasteiger partial charge in [0.2, 0.25) is 0 Å². The summed E-state index contributed by atoms with van der Waals surface area (Å²) in [5.74, 6) is -0.923. The van der Waals surface area contributed by atoms with Crippen LogP contribution in [0, 0.1) is 5.82 Å². The number of pyridine rings is 1. The van der Waals surface area contributed by atoms with Crippen LogP contribution in [0.25, 0.3) is 0 Å². The van der Waals surface area contributed by atoms with Crippen molar-refractivity contribution in [3.63, 3.8) is 0 Å². The number of nitrogens with zero attached hydrogens (tertiary/aromatic N) is 1. The SMILES string of the molecule is O=C1NCCCC1Oc1ncc(Br)cc1F. The van der Waals surface area contributed by atoms with Crippen LogP contribution in [0.5, 0.6) is 5.88 Å². The molecule has 4 nitrogen and oxygen atoms in total. The standard InChI is InChI=1S/C10H10BrFN2O2/c11-6-4-7(12)10(14-5-6)16-8-2-1-3-13-9(8)15/h4-5,8H,1-3H2,(H,13,15). The minimum absolute atomic E-state index is 0.134. The number of nitrogens with one attached hydrogen (secondary N) is 1.